The summed E-state index contributed by atoms with van der Waals surface area (Å²) >= 11 is 0. The Morgan fingerprint density at radius 3 is 2.40 bits per heavy atom. The number of nitrogens with one attached hydrogen (secondary N) is 1. The van der Waals surface area contributed by atoms with Crippen LogP contribution in [0.25, 0.3) is 0 Å². The topological polar surface area (TPSA) is 84.7 Å². The largest absolute Gasteiger partial charge is 0.381 e. The molecule has 2 saturated heterocycles. The minimum absolute atomic E-state index is 0.00582. The van der Waals surface area contributed by atoms with E-state index in [0.717, 1.165) is 25.9 Å². The maximum atomic E-state index is 12.3. The third kappa shape index (κ3) is 3.49. The molecule has 20 heavy (non-hydrogen) atoms. The van der Waals surface area contributed by atoms with E-state index in [1.54, 1.807) is 6.92 Å². The zero-order valence-corrected chi connectivity index (χ0v) is 12.2. The number of ether oxygens (including phenoxy) is 1. The van der Waals surface area contributed by atoms with Gasteiger partial charge in [-0.15, -0.1) is 0 Å². The minimum atomic E-state index is -0.894. The van der Waals surface area contributed by atoms with E-state index >= 15 is 0 Å². The first-order valence-electron chi connectivity index (χ1n) is 7.49. The maximum Gasteiger partial charge on any atom is 0.244 e. The Morgan fingerprint density at radius 2 is 1.80 bits per heavy atom. The van der Waals surface area contributed by atoms with E-state index < -0.39 is 11.6 Å². The van der Waals surface area contributed by atoms with Crippen LogP contribution in [0.1, 0.15) is 39.0 Å². The summed E-state index contributed by atoms with van der Waals surface area (Å²) in [5.74, 6) is -0.243. The summed E-state index contributed by atoms with van der Waals surface area (Å²) < 4.78 is 5.23. The van der Waals surface area contributed by atoms with E-state index in [1.165, 1.54) is 6.42 Å². The van der Waals surface area contributed by atoms with Crippen LogP contribution >= 0.6 is 0 Å². The molecule has 2 aliphatic heterocycles. The Balaban J connectivity index is 1.87. The molecule has 2 heterocycles. The molecule has 0 aliphatic carbocycles. The number of rotatable bonds is 3. The van der Waals surface area contributed by atoms with Gasteiger partial charge in [-0.3, -0.25) is 9.59 Å². The van der Waals surface area contributed by atoms with Crippen LogP contribution in [-0.4, -0.2) is 54.6 Å². The van der Waals surface area contributed by atoms with Gasteiger partial charge in [-0.1, -0.05) is 0 Å². The van der Waals surface area contributed by atoms with Crippen molar-refractivity contribution in [1.82, 2.24) is 10.2 Å². The average molecular weight is 283 g/mol. The highest BCUT2D eigenvalue weighted by molar-refractivity contribution is 5.91. The van der Waals surface area contributed by atoms with Crippen molar-refractivity contribution in [3.8, 4) is 0 Å². The van der Waals surface area contributed by atoms with Crippen LogP contribution in [0.4, 0.5) is 0 Å². The number of amides is 2. The summed E-state index contributed by atoms with van der Waals surface area (Å²) in [5, 5.41) is 2.78. The van der Waals surface area contributed by atoms with Crippen molar-refractivity contribution >= 4 is 11.8 Å². The molecule has 0 aromatic rings. The maximum absolute atomic E-state index is 12.3. The summed E-state index contributed by atoms with van der Waals surface area (Å²) in [6, 6.07) is -0.510. The third-order valence-corrected chi connectivity index (χ3v) is 4.22. The van der Waals surface area contributed by atoms with Gasteiger partial charge in [0.15, 0.2) is 0 Å². The number of piperidine rings is 1. The first kappa shape index (κ1) is 15.3. The predicted octanol–water partition coefficient (Wildman–Crippen LogP) is 0.0115. The van der Waals surface area contributed by atoms with E-state index in [-0.39, 0.29) is 11.8 Å². The van der Waals surface area contributed by atoms with Gasteiger partial charge in [0.25, 0.3) is 0 Å². The summed E-state index contributed by atoms with van der Waals surface area (Å²) in [6.45, 7) is 4.32. The number of hydrogen-bond donors (Lipinski definition) is 2. The van der Waals surface area contributed by atoms with E-state index in [9.17, 15) is 9.59 Å². The third-order valence-electron chi connectivity index (χ3n) is 4.22. The Hall–Kier alpha value is -1.14. The fourth-order valence-corrected chi connectivity index (χ4v) is 2.75. The molecular formula is C14H25N3O3. The summed E-state index contributed by atoms with van der Waals surface area (Å²) in [5.41, 5.74) is 5.22. The van der Waals surface area contributed by atoms with E-state index in [1.807, 2.05) is 4.90 Å². The molecule has 0 spiro atoms. The number of carbonyl (C=O) groups is 2. The van der Waals surface area contributed by atoms with Gasteiger partial charge >= 0.3 is 0 Å². The lowest BCUT2D eigenvalue weighted by Gasteiger charge is -2.34. The second kappa shape index (κ2) is 6.54. The second-order valence-electron chi connectivity index (χ2n) is 5.85. The van der Waals surface area contributed by atoms with E-state index in [4.69, 9.17) is 10.5 Å². The monoisotopic (exact) mass is 283 g/mol. The molecule has 0 unspecified atom stereocenters. The van der Waals surface area contributed by atoms with Gasteiger partial charge in [-0.05, 0) is 39.0 Å². The fourth-order valence-electron chi connectivity index (χ4n) is 2.75. The number of hydrogen-bond acceptors (Lipinski definition) is 4. The Bertz CT molecular complexity index is 361. The molecular weight excluding hydrogens is 258 g/mol. The lowest BCUT2D eigenvalue weighted by Crippen LogP contribution is -2.60. The zero-order chi connectivity index (χ0) is 14.6. The van der Waals surface area contributed by atoms with E-state index in [2.05, 4.69) is 5.32 Å². The van der Waals surface area contributed by atoms with Crippen LogP contribution in [-0.2, 0) is 14.3 Å². The molecule has 0 aromatic carbocycles. The van der Waals surface area contributed by atoms with E-state index in [0.29, 0.717) is 26.1 Å². The normalized spacial score (nSPS) is 24.0. The SMILES string of the molecule is C[C@H](NC(=O)C1(N)CCOCC1)C(=O)N1CCCCC1. The lowest BCUT2D eigenvalue weighted by atomic mass is 9.90. The lowest BCUT2D eigenvalue weighted by molar-refractivity contribution is -0.139. The highest BCUT2D eigenvalue weighted by Crippen LogP contribution is 2.18. The first-order chi connectivity index (χ1) is 9.53. The van der Waals surface area contributed by atoms with Crippen molar-refractivity contribution in [1.29, 1.82) is 0 Å². The van der Waals surface area contributed by atoms with Crippen LogP contribution in [0.3, 0.4) is 0 Å². The van der Waals surface area contributed by atoms with Crippen molar-refractivity contribution in [2.75, 3.05) is 26.3 Å². The molecule has 0 radical (unpaired) electrons. The molecule has 6 heteroatoms. The molecule has 3 N–H and O–H groups in total. The summed E-state index contributed by atoms with van der Waals surface area (Å²) in [7, 11) is 0. The summed E-state index contributed by atoms with van der Waals surface area (Å²) in [6.07, 6.45) is 4.28. The van der Waals surface area contributed by atoms with Crippen molar-refractivity contribution < 1.29 is 14.3 Å². The standard InChI is InChI=1S/C14H25N3O3/c1-11(12(18)17-7-3-2-4-8-17)16-13(19)14(15)5-9-20-10-6-14/h11H,2-10,15H2,1H3,(H,16,19)/t11-/m0/s1. The second-order valence-corrected chi connectivity index (χ2v) is 5.85. The van der Waals surface area contributed by atoms with Crippen molar-refractivity contribution in [3.05, 3.63) is 0 Å². The molecule has 1 atom stereocenters. The van der Waals surface area contributed by atoms with Gasteiger partial charge < -0.3 is 20.7 Å². The van der Waals surface area contributed by atoms with Crippen molar-refractivity contribution in [2.45, 2.75) is 50.6 Å². The number of carbonyl (C=O) groups excluding carboxylic acids is 2. The molecule has 2 amide bonds. The Morgan fingerprint density at radius 1 is 1.20 bits per heavy atom. The Kier molecular flexibility index (Phi) is 4.99. The molecule has 0 saturated carbocycles. The molecule has 0 bridgehead atoms. The number of likely N-dealkylation sites (tertiary alicyclic amines) is 1. The smallest absolute Gasteiger partial charge is 0.244 e. The number of nitrogens with zero attached hydrogens (tertiary/aromatic N) is 1. The van der Waals surface area contributed by atoms with Gasteiger partial charge in [0, 0.05) is 26.3 Å². The van der Waals surface area contributed by atoms with Gasteiger partial charge in [0.05, 0.1) is 5.54 Å². The number of nitrogens with two attached hydrogens (primary N) is 1. The highest BCUT2D eigenvalue weighted by Gasteiger charge is 2.37. The first-order valence-corrected chi connectivity index (χ1v) is 7.49. The molecule has 6 nitrogen and oxygen atoms in total. The quantitative estimate of drug-likeness (QED) is 0.764. The highest BCUT2D eigenvalue weighted by atomic mass is 16.5. The van der Waals surface area contributed by atoms with Gasteiger partial charge in [-0.25, -0.2) is 0 Å². The molecule has 114 valence electrons. The fraction of sp³-hybridized carbons (Fsp3) is 0.857. The molecule has 2 aliphatic rings. The van der Waals surface area contributed by atoms with Crippen LogP contribution in [0.15, 0.2) is 0 Å². The predicted molar refractivity (Wildman–Crippen MR) is 75.0 cm³/mol. The van der Waals surface area contributed by atoms with Gasteiger partial charge in [0.2, 0.25) is 11.8 Å². The van der Waals surface area contributed by atoms with Crippen LogP contribution in [0, 0.1) is 0 Å². The molecule has 2 rings (SSSR count). The van der Waals surface area contributed by atoms with Crippen LogP contribution in [0.5, 0.6) is 0 Å². The average Bonchev–Trinajstić information content (AvgIpc) is 2.48. The minimum Gasteiger partial charge on any atom is -0.381 e. The zero-order valence-electron chi connectivity index (χ0n) is 12.2. The van der Waals surface area contributed by atoms with Crippen molar-refractivity contribution in [3.63, 3.8) is 0 Å². The van der Waals surface area contributed by atoms with Crippen LogP contribution < -0.4 is 11.1 Å². The van der Waals surface area contributed by atoms with Crippen LogP contribution in [0.2, 0.25) is 0 Å². The van der Waals surface area contributed by atoms with Crippen molar-refractivity contribution in [2.24, 2.45) is 5.73 Å². The molecule has 0 aromatic heterocycles. The molecule has 2 fully saturated rings. The van der Waals surface area contributed by atoms with Gasteiger partial charge in [-0.2, -0.15) is 0 Å². The Labute approximate surface area is 120 Å². The summed E-state index contributed by atoms with van der Waals surface area (Å²) in [4.78, 5) is 26.4. The van der Waals surface area contributed by atoms with Gasteiger partial charge in [0.1, 0.15) is 6.04 Å².